The molecule has 8 rings (SSSR count). The topological polar surface area (TPSA) is 40.6 Å². The molecule has 6 heteroatoms. The Kier molecular flexibility index (Phi) is 5.50. The molecule has 5 nitrogen and oxygen atoms in total. The molecule has 188 valence electrons. The number of hydrogen-bond donors (Lipinski definition) is 0. The molecule has 0 spiro atoms. The molecule has 8 aromatic rings. The fourth-order valence-corrected chi connectivity index (χ4v) is 5.58. The van der Waals surface area contributed by atoms with Gasteiger partial charge in [0, 0.05) is 41.0 Å². The third-order valence-corrected chi connectivity index (χ3v) is 7.29. The molecule has 0 aliphatic carbocycles. The number of imidazole rings is 1. The number of rotatable bonds is 3. The summed E-state index contributed by atoms with van der Waals surface area (Å²) >= 11 is 0. The Bertz CT molecular complexity index is 2150. The maximum absolute atomic E-state index is 5.37. The first kappa shape index (κ1) is 23.6. The number of aryl methyl sites for hydroxylation is 1. The predicted molar refractivity (Wildman–Crippen MR) is 153 cm³/mol. The molecule has 4 aromatic carbocycles. The van der Waals surface area contributed by atoms with Crippen molar-refractivity contribution in [3.63, 3.8) is 0 Å². The Hall–Kier alpha value is -4.47. The molecule has 4 aromatic heterocycles. The third-order valence-electron chi connectivity index (χ3n) is 7.29. The first-order valence-corrected chi connectivity index (χ1v) is 12.6. The van der Waals surface area contributed by atoms with E-state index in [9.17, 15) is 0 Å². The number of nitrogens with zero attached hydrogens (tertiary/aromatic N) is 5. The van der Waals surface area contributed by atoms with Crippen molar-refractivity contribution in [3.05, 3.63) is 122 Å². The van der Waals surface area contributed by atoms with Gasteiger partial charge in [0.05, 0.1) is 11.0 Å². The molecular weight excluding hydrogens is 661 g/mol. The van der Waals surface area contributed by atoms with Crippen LogP contribution in [0.4, 0.5) is 0 Å². The van der Waals surface area contributed by atoms with Crippen molar-refractivity contribution in [3.8, 4) is 22.8 Å². The van der Waals surface area contributed by atoms with Gasteiger partial charge in [-0.2, -0.15) is 42.5 Å². The van der Waals surface area contributed by atoms with Crippen molar-refractivity contribution in [2.45, 2.75) is 0 Å². The van der Waals surface area contributed by atoms with Gasteiger partial charge in [0.15, 0.2) is 0 Å². The van der Waals surface area contributed by atoms with Crippen molar-refractivity contribution in [2.24, 2.45) is 7.05 Å². The molecule has 0 aliphatic heterocycles. The molecule has 0 N–H and O–H groups in total. The quantitative estimate of drug-likeness (QED) is 0.184. The van der Waals surface area contributed by atoms with Gasteiger partial charge in [0.2, 0.25) is 5.95 Å². The summed E-state index contributed by atoms with van der Waals surface area (Å²) in [4.78, 5) is 10.0. The molecule has 0 atom stereocenters. The molecule has 0 bridgehead atoms. The molecular formula is C33H21N5Pt. The second-order valence-corrected chi connectivity index (χ2v) is 9.50. The molecule has 0 radical (unpaired) electrons. The smallest absolute Gasteiger partial charge is 0.320 e. The SMILES string of the molecule is Cn1ccnc1-n1c2ccccc2c2cc3c4ccccc4n(-c4[c-]c(-c5[c-]cccc5)ccc4)c3nc21.[Pt+2]. The molecule has 39 heavy (non-hydrogen) atoms. The van der Waals surface area contributed by atoms with Gasteiger partial charge >= 0.3 is 21.1 Å². The average Bonchev–Trinajstić information content (AvgIpc) is 3.63. The Morgan fingerprint density at radius 2 is 1.33 bits per heavy atom. The number of aromatic nitrogens is 5. The van der Waals surface area contributed by atoms with Crippen molar-refractivity contribution in [1.82, 2.24) is 23.7 Å². The van der Waals surface area contributed by atoms with Crippen LogP contribution in [-0.4, -0.2) is 23.7 Å². The number of fused-ring (bicyclic) bond motifs is 6. The van der Waals surface area contributed by atoms with Gasteiger partial charge in [-0.3, -0.25) is 4.57 Å². The minimum atomic E-state index is 0. The standard InChI is InChI=1S/C33H21N5.Pt/c1-36-19-18-34-33(36)38-30-17-8-6-15-26(30)28-21-27-25-14-5-7-16-29(25)37(31(27)35-32(28)38)24-13-9-12-23(20-24)22-10-3-2-4-11-22;/h2-10,12-19,21H,1H3;/q-2;+2. The van der Waals surface area contributed by atoms with Gasteiger partial charge < -0.3 is 9.13 Å². The third kappa shape index (κ3) is 3.50. The van der Waals surface area contributed by atoms with Crippen LogP contribution in [0.25, 0.3) is 66.6 Å². The van der Waals surface area contributed by atoms with Gasteiger partial charge in [-0.15, -0.1) is 12.1 Å². The van der Waals surface area contributed by atoms with Crippen LogP contribution >= 0.6 is 0 Å². The largest absolute Gasteiger partial charge is 2.00 e. The molecule has 0 fully saturated rings. The van der Waals surface area contributed by atoms with E-state index in [2.05, 4.69) is 105 Å². The van der Waals surface area contributed by atoms with E-state index in [1.807, 2.05) is 42.2 Å². The molecule has 4 heterocycles. The Morgan fingerprint density at radius 1 is 0.667 bits per heavy atom. The summed E-state index contributed by atoms with van der Waals surface area (Å²) in [5, 5.41) is 4.54. The van der Waals surface area contributed by atoms with Gasteiger partial charge in [0.1, 0.15) is 11.3 Å². The molecule has 0 unspecified atom stereocenters. The van der Waals surface area contributed by atoms with E-state index in [4.69, 9.17) is 4.98 Å². The van der Waals surface area contributed by atoms with Crippen LogP contribution in [0.2, 0.25) is 0 Å². The first-order chi connectivity index (χ1) is 18.8. The van der Waals surface area contributed by atoms with Crippen LogP contribution in [0.5, 0.6) is 0 Å². The molecule has 0 saturated heterocycles. The normalized spacial score (nSPS) is 11.5. The van der Waals surface area contributed by atoms with Crippen molar-refractivity contribution >= 4 is 43.9 Å². The van der Waals surface area contributed by atoms with E-state index in [0.717, 1.165) is 66.6 Å². The zero-order valence-corrected chi connectivity index (χ0v) is 23.2. The van der Waals surface area contributed by atoms with Crippen LogP contribution in [0.1, 0.15) is 0 Å². The second kappa shape index (κ2) is 9.07. The van der Waals surface area contributed by atoms with Crippen molar-refractivity contribution < 1.29 is 21.1 Å². The second-order valence-electron chi connectivity index (χ2n) is 9.50. The van der Waals surface area contributed by atoms with E-state index >= 15 is 0 Å². The van der Waals surface area contributed by atoms with E-state index in [-0.39, 0.29) is 21.1 Å². The van der Waals surface area contributed by atoms with Gasteiger partial charge in [-0.1, -0.05) is 36.4 Å². The minimum absolute atomic E-state index is 0. The van der Waals surface area contributed by atoms with Crippen LogP contribution in [0, 0.1) is 12.1 Å². The zero-order valence-electron chi connectivity index (χ0n) is 20.9. The summed E-state index contributed by atoms with van der Waals surface area (Å²) in [6.07, 6.45) is 3.79. The number of benzene rings is 4. The Balaban J connectivity index is 0.00000253. The van der Waals surface area contributed by atoms with E-state index in [1.165, 1.54) is 0 Å². The van der Waals surface area contributed by atoms with Crippen LogP contribution in [0.15, 0.2) is 109 Å². The summed E-state index contributed by atoms with van der Waals surface area (Å²) in [5.41, 5.74) is 6.91. The van der Waals surface area contributed by atoms with Crippen molar-refractivity contribution in [2.75, 3.05) is 0 Å². The maximum Gasteiger partial charge on any atom is 2.00 e. The van der Waals surface area contributed by atoms with Gasteiger partial charge in [0.25, 0.3) is 0 Å². The zero-order chi connectivity index (χ0) is 25.2. The number of hydrogen-bond acceptors (Lipinski definition) is 2. The summed E-state index contributed by atoms with van der Waals surface area (Å²) in [5.74, 6) is 0.832. The fraction of sp³-hybridized carbons (Fsp3) is 0.0303. The predicted octanol–water partition coefficient (Wildman–Crippen LogP) is 7.27. The van der Waals surface area contributed by atoms with E-state index in [0.29, 0.717) is 0 Å². The van der Waals surface area contributed by atoms with Gasteiger partial charge in [-0.25, -0.2) is 21.1 Å². The average molecular weight is 683 g/mol. The van der Waals surface area contributed by atoms with Crippen LogP contribution in [-0.2, 0) is 28.1 Å². The Morgan fingerprint density at radius 3 is 2.03 bits per heavy atom. The molecule has 0 amide bonds. The summed E-state index contributed by atoms with van der Waals surface area (Å²) in [6.45, 7) is 0. The summed E-state index contributed by atoms with van der Waals surface area (Å²) in [6, 6.07) is 40.5. The Labute approximate surface area is 239 Å². The van der Waals surface area contributed by atoms with Crippen LogP contribution in [0.3, 0.4) is 0 Å². The monoisotopic (exact) mass is 682 g/mol. The number of para-hydroxylation sites is 2. The summed E-state index contributed by atoms with van der Waals surface area (Å²) in [7, 11) is 2.01. The van der Waals surface area contributed by atoms with E-state index in [1.54, 1.807) is 0 Å². The summed E-state index contributed by atoms with van der Waals surface area (Å²) < 4.78 is 6.41. The minimum Gasteiger partial charge on any atom is -0.320 e. The fourth-order valence-electron chi connectivity index (χ4n) is 5.58. The number of pyridine rings is 1. The first-order valence-electron chi connectivity index (χ1n) is 12.6. The maximum atomic E-state index is 5.37. The van der Waals surface area contributed by atoms with Gasteiger partial charge in [-0.05, 0) is 23.9 Å². The molecule has 0 aliphatic rings. The molecule has 0 saturated carbocycles. The van der Waals surface area contributed by atoms with Crippen LogP contribution < -0.4 is 0 Å². The van der Waals surface area contributed by atoms with Crippen molar-refractivity contribution in [1.29, 1.82) is 0 Å². The van der Waals surface area contributed by atoms with E-state index < -0.39 is 0 Å².